The third kappa shape index (κ3) is 4.55. The summed E-state index contributed by atoms with van der Waals surface area (Å²) in [5.74, 6) is -0.0609. The van der Waals surface area contributed by atoms with E-state index in [9.17, 15) is 9.59 Å². The highest BCUT2D eigenvalue weighted by Crippen LogP contribution is 2.22. The Balaban J connectivity index is 1.90. The van der Waals surface area contributed by atoms with Crippen LogP contribution in [-0.4, -0.2) is 36.9 Å². The number of hydrogen-bond donors (Lipinski definition) is 0. The molecule has 1 aliphatic heterocycles. The minimum Gasteiger partial charge on any atom is -0.466 e. The first-order chi connectivity index (χ1) is 10.1. The van der Waals surface area contributed by atoms with Crippen molar-refractivity contribution >= 4 is 23.9 Å². The summed E-state index contributed by atoms with van der Waals surface area (Å²) >= 11 is 6.01. The van der Waals surface area contributed by atoms with E-state index in [1.165, 1.54) is 0 Å². The molecule has 0 amide bonds. The Morgan fingerprint density at radius 2 is 2.10 bits per heavy atom. The van der Waals surface area contributed by atoms with Gasteiger partial charge in [-0.25, -0.2) is 0 Å². The summed E-state index contributed by atoms with van der Waals surface area (Å²) in [4.78, 5) is 24.8. The summed E-state index contributed by atoms with van der Waals surface area (Å²) in [5.41, 5.74) is 1.62. The van der Waals surface area contributed by atoms with Crippen LogP contribution in [0.25, 0.3) is 0 Å². The van der Waals surface area contributed by atoms with E-state index in [0.717, 1.165) is 44.3 Å². The second kappa shape index (κ2) is 7.57. The molecule has 0 radical (unpaired) electrons. The Morgan fingerprint density at radius 3 is 2.71 bits per heavy atom. The maximum atomic E-state index is 11.7. The fraction of sp³-hybridized carbons (Fsp3) is 0.500. The number of carbonyl (C=O) groups is 2. The van der Waals surface area contributed by atoms with Crippen molar-refractivity contribution in [2.75, 3.05) is 19.7 Å². The first-order valence-corrected chi connectivity index (χ1v) is 7.63. The Hall–Kier alpha value is -1.39. The van der Waals surface area contributed by atoms with Crippen LogP contribution in [-0.2, 0) is 16.1 Å². The van der Waals surface area contributed by atoms with Gasteiger partial charge >= 0.3 is 5.97 Å². The van der Waals surface area contributed by atoms with E-state index in [4.69, 9.17) is 16.3 Å². The van der Waals surface area contributed by atoms with Gasteiger partial charge in [-0.15, -0.1) is 0 Å². The molecule has 0 spiro atoms. The summed E-state index contributed by atoms with van der Waals surface area (Å²) in [6.45, 7) is 4.72. The van der Waals surface area contributed by atoms with Crippen LogP contribution >= 0.6 is 11.6 Å². The van der Waals surface area contributed by atoms with Gasteiger partial charge in [0.1, 0.15) is 6.29 Å². The lowest BCUT2D eigenvalue weighted by molar-refractivity contribution is -0.149. The molecular weight excluding hydrogens is 290 g/mol. The molecule has 1 aromatic rings. The molecule has 0 saturated carbocycles. The average Bonchev–Trinajstić information content (AvgIpc) is 2.47. The zero-order valence-corrected chi connectivity index (χ0v) is 12.9. The molecule has 4 nitrogen and oxygen atoms in total. The van der Waals surface area contributed by atoms with Crippen LogP contribution in [0.15, 0.2) is 18.2 Å². The van der Waals surface area contributed by atoms with E-state index < -0.39 is 0 Å². The number of benzene rings is 1. The van der Waals surface area contributed by atoms with Gasteiger partial charge in [0.25, 0.3) is 0 Å². The Morgan fingerprint density at radius 1 is 1.38 bits per heavy atom. The van der Waals surface area contributed by atoms with Crippen LogP contribution in [0.2, 0.25) is 5.02 Å². The van der Waals surface area contributed by atoms with Crippen LogP contribution in [0.5, 0.6) is 0 Å². The molecular formula is C16H20ClNO3. The highest BCUT2D eigenvalue weighted by atomic mass is 35.5. The number of carbonyl (C=O) groups excluding carboxylic acids is 2. The van der Waals surface area contributed by atoms with Crippen molar-refractivity contribution < 1.29 is 14.3 Å². The van der Waals surface area contributed by atoms with E-state index in [2.05, 4.69) is 4.90 Å². The van der Waals surface area contributed by atoms with Gasteiger partial charge in [0.05, 0.1) is 12.5 Å². The fourth-order valence-corrected chi connectivity index (χ4v) is 2.95. The Kier molecular flexibility index (Phi) is 5.76. The number of nitrogens with zero attached hydrogens (tertiary/aromatic N) is 1. The topological polar surface area (TPSA) is 46.6 Å². The van der Waals surface area contributed by atoms with Crippen molar-refractivity contribution in [1.29, 1.82) is 0 Å². The molecule has 0 atom stereocenters. The minimum absolute atomic E-state index is 0.0195. The molecule has 0 aliphatic carbocycles. The zero-order chi connectivity index (χ0) is 15.2. The summed E-state index contributed by atoms with van der Waals surface area (Å²) < 4.78 is 5.07. The summed E-state index contributed by atoms with van der Waals surface area (Å²) in [5, 5.41) is 0.580. The normalized spacial score (nSPS) is 16.7. The maximum Gasteiger partial charge on any atom is 0.309 e. The molecule has 1 aliphatic rings. The van der Waals surface area contributed by atoms with Gasteiger partial charge in [-0.05, 0) is 56.6 Å². The van der Waals surface area contributed by atoms with Crippen LogP contribution in [0.3, 0.4) is 0 Å². The molecule has 0 aromatic heterocycles. The third-order valence-electron chi connectivity index (χ3n) is 3.73. The van der Waals surface area contributed by atoms with Crippen LogP contribution < -0.4 is 0 Å². The van der Waals surface area contributed by atoms with E-state index >= 15 is 0 Å². The predicted molar refractivity (Wildman–Crippen MR) is 81.5 cm³/mol. The molecule has 21 heavy (non-hydrogen) atoms. The van der Waals surface area contributed by atoms with Crippen molar-refractivity contribution in [2.45, 2.75) is 26.3 Å². The molecule has 1 fully saturated rings. The average molecular weight is 310 g/mol. The smallest absolute Gasteiger partial charge is 0.309 e. The molecule has 1 heterocycles. The van der Waals surface area contributed by atoms with Crippen molar-refractivity contribution in [3.63, 3.8) is 0 Å². The van der Waals surface area contributed by atoms with Crippen molar-refractivity contribution in [2.24, 2.45) is 5.92 Å². The molecule has 0 bridgehead atoms. The quantitative estimate of drug-likeness (QED) is 0.620. The maximum absolute atomic E-state index is 11.7. The Labute approximate surface area is 130 Å². The van der Waals surface area contributed by atoms with Gasteiger partial charge < -0.3 is 4.74 Å². The number of likely N-dealkylation sites (tertiary alicyclic amines) is 1. The SMILES string of the molecule is CCOC(=O)C1CCN(Cc2cc(Cl)cc(C=O)c2)CC1. The first kappa shape index (κ1) is 16.0. The van der Waals surface area contributed by atoms with Crippen molar-refractivity contribution in [3.05, 3.63) is 34.3 Å². The molecule has 1 aromatic carbocycles. The van der Waals surface area contributed by atoms with Gasteiger partial charge in [0, 0.05) is 17.1 Å². The lowest BCUT2D eigenvalue weighted by atomic mass is 9.96. The van der Waals surface area contributed by atoms with Crippen molar-refractivity contribution in [3.8, 4) is 0 Å². The van der Waals surface area contributed by atoms with Gasteiger partial charge in [-0.2, -0.15) is 0 Å². The van der Waals surface area contributed by atoms with E-state index in [0.29, 0.717) is 17.2 Å². The van der Waals surface area contributed by atoms with Gasteiger partial charge in [-0.3, -0.25) is 14.5 Å². The largest absolute Gasteiger partial charge is 0.466 e. The number of ether oxygens (including phenoxy) is 1. The highest BCUT2D eigenvalue weighted by Gasteiger charge is 2.25. The van der Waals surface area contributed by atoms with Crippen LogP contribution in [0.4, 0.5) is 0 Å². The number of rotatable bonds is 5. The Bertz CT molecular complexity index is 510. The minimum atomic E-state index is -0.0804. The summed E-state index contributed by atoms with van der Waals surface area (Å²) in [6.07, 6.45) is 2.45. The van der Waals surface area contributed by atoms with E-state index in [1.807, 2.05) is 19.1 Å². The zero-order valence-electron chi connectivity index (χ0n) is 12.2. The third-order valence-corrected chi connectivity index (χ3v) is 3.95. The molecule has 1 saturated heterocycles. The van der Waals surface area contributed by atoms with Gasteiger partial charge in [0.2, 0.25) is 0 Å². The van der Waals surface area contributed by atoms with Crippen LogP contribution in [0, 0.1) is 5.92 Å². The lowest BCUT2D eigenvalue weighted by Gasteiger charge is -2.30. The second-order valence-electron chi connectivity index (χ2n) is 5.31. The van der Waals surface area contributed by atoms with E-state index in [-0.39, 0.29) is 11.9 Å². The number of aldehydes is 1. The second-order valence-corrected chi connectivity index (χ2v) is 5.75. The van der Waals surface area contributed by atoms with Gasteiger partial charge in [0.15, 0.2) is 0 Å². The predicted octanol–water partition coefficient (Wildman–Crippen LogP) is 2.93. The first-order valence-electron chi connectivity index (χ1n) is 7.26. The van der Waals surface area contributed by atoms with Crippen molar-refractivity contribution in [1.82, 2.24) is 4.90 Å². The summed E-state index contributed by atoms with van der Waals surface area (Å²) in [6, 6.07) is 5.40. The number of piperidine rings is 1. The lowest BCUT2D eigenvalue weighted by Crippen LogP contribution is -2.36. The number of hydrogen-bond acceptors (Lipinski definition) is 4. The molecule has 0 unspecified atom stereocenters. The molecule has 114 valence electrons. The number of halogens is 1. The molecule has 2 rings (SSSR count). The van der Waals surface area contributed by atoms with Crippen LogP contribution in [0.1, 0.15) is 35.7 Å². The molecule has 5 heteroatoms. The summed E-state index contributed by atoms with van der Waals surface area (Å²) in [7, 11) is 0. The van der Waals surface area contributed by atoms with Gasteiger partial charge in [-0.1, -0.05) is 11.6 Å². The molecule has 0 N–H and O–H groups in total. The fourth-order valence-electron chi connectivity index (χ4n) is 2.68. The van der Waals surface area contributed by atoms with E-state index in [1.54, 1.807) is 6.07 Å². The highest BCUT2D eigenvalue weighted by molar-refractivity contribution is 6.30. The standard InChI is InChI=1S/C16H20ClNO3/c1-2-21-16(20)14-3-5-18(6-4-14)10-12-7-13(11-19)9-15(17)8-12/h7-9,11,14H,2-6,10H2,1H3. The monoisotopic (exact) mass is 309 g/mol. The number of esters is 1.